The Bertz CT molecular complexity index is 459. The van der Waals surface area contributed by atoms with E-state index in [0.717, 1.165) is 29.5 Å². The van der Waals surface area contributed by atoms with Gasteiger partial charge in [0, 0.05) is 18.2 Å². The van der Waals surface area contributed by atoms with E-state index in [4.69, 9.17) is 0 Å². The molecule has 0 atom stereocenters. The fourth-order valence-electron chi connectivity index (χ4n) is 2.50. The smallest absolute Gasteiger partial charge is 0.254 e. The molecule has 0 saturated carbocycles. The van der Waals surface area contributed by atoms with Crippen molar-refractivity contribution in [3.8, 4) is 5.75 Å². The summed E-state index contributed by atoms with van der Waals surface area (Å²) in [5.41, 5.74) is 0.568. The zero-order valence-electron chi connectivity index (χ0n) is 11.0. The van der Waals surface area contributed by atoms with Crippen LogP contribution in [0.1, 0.15) is 30.1 Å². The third-order valence-corrected chi connectivity index (χ3v) is 4.46. The van der Waals surface area contributed by atoms with Gasteiger partial charge in [-0.1, -0.05) is 0 Å². The molecule has 5 heteroatoms. The minimum Gasteiger partial charge on any atom is -0.507 e. The molecule has 0 aliphatic carbocycles. The van der Waals surface area contributed by atoms with E-state index in [1.165, 1.54) is 0 Å². The predicted octanol–water partition coefficient (Wildman–Crippen LogP) is 2.21. The van der Waals surface area contributed by atoms with Crippen LogP contribution in [0, 0.1) is 3.57 Å². The average Bonchev–Trinajstić information content (AvgIpc) is 2.44. The third kappa shape index (κ3) is 3.39. The Kier molecular flexibility index (Phi) is 5.04. The first kappa shape index (κ1) is 14.6. The number of nitrogens with zero attached hydrogens (tertiary/aromatic N) is 1. The van der Waals surface area contributed by atoms with E-state index in [2.05, 4.69) is 27.9 Å². The monoisotopic (exact) mass is 374 g/mol. The van der Waals surface area contributed by atoms with Gasteiger partial charge in [-0.25, -0.2) is 0 Å². The standard InChI is InChI=1S/C14H19IN2O2/c1-2-17(11-5-7-16-8-6-11)14(19)10-3-4-12(15)13(18)9-10/h3-4,9,11,16,18H,2,5-8H2,1H3. The van der Waals surface area contributed by atoms with Crippen LogP contribution in [-0.2, 0) is 0 Å². The van der Waals surface area contributed by atoms with Gasteiger partial charge >= 0.3 is 0 Å². The maximum Gasteiger partial charge on any atom is 0.254 e. The van der Waals surface area contributed by atoms with E-state index in [9.17, 15) is 9.90 Å². The molecule has 0 bridgehead atoms. The highest BCUT2D eigenvalue weighted by atomic mass is 127. The Hall–Kier alpha value is -0.820. The van der Waals surface area contributed by atoms with Gasteiger partial charge in [0.1, 0.15) is 5.75 Å². The SMILES string of the molecule is CCN(C(=O)c1ccc(I)c(O)c1)C1CCNCC1. The van der Waals surface area contributed by atoms with Crippen LogP contribution in [0.5, 0.6) is 5.75 Å². The first-order chi connectivity index (χ1) is 9.13. The van der Waals surface area contributed by atoms with Crippen LogP contribution < -0.4 is 5.32 Å². The molecule has 0 radical (unpaired) electrons. The number of aromatic hydroxyl groups is 1. The van der Waals surface area contributed by atoms with Crippen LogP contribution in [0.4, 0.5) is 0 Å². The van der Waals surface area contributed by atoms with Crippen molar-refractivity contribution in [1.82, 2.24) is 10.2 Å². The Labute approximate surface area is 127 Å². The summed E-state index contributed by atoms with van der Waals surface area (Å²) in [4.78, 5) is 14.4. The quantitative estimate of drug-likeness (QED) is 0.798. The van der Waals surface area contributed by atoms with E-state index in [-0.39, 0.29) is 11.7 Å². The summed E-state index contributed by atoms with van der Waals surface area (Å²) >= 11 is 2.05. The van der Waals surface area contributed by atoms with Gasteiger partial charge in [0.05, 0.1) is 3.57 Å². The van der Waals surface area contributed by atoms with Crippen LogP contribution in [0.3, 0.4) is 0 Å². The lowest BCUT2D eigenvalue weighted by molar-refractivity contribution is 0.0655. The van der Waals surface area contributed by atoms with Crippen molar-refractivity contribution in [1.29, 1.82) is 0 Å². The fourth-order valence-corrected chi connectivity index (χ4v) is 2.83. The number of phenols is 1. The first-order valence-corrected chi connectivity index (χ1v) is 7.71. The number of phenolic OH excluding ortho intramolecular Hbond substituents is 1. The molecular weight excluding hydrogens is 355 g/mol. The predicted molar refractivity (Wildman–Crippen MR) is 83.4 cm³/mol. The third-order valence-electron chi connectivity index (χ3n) is 3.54. The summed E-state index contributed by atoms with van der Waals surface area (Å²) < 4.78 is 0.763. The number of carbonyl (C=O) groups is 1. The van der Waals surface area contributed by atoms with Gasteiger partial charge in [-0.2, -0.15) is 0 Å². The zero-order chi connectivity index (χ0) is 13.8. The molecule has 1 aliphatic rings. The highest BCUT2D eigenvalue weighted by Gasteiger charge is 2.25. The molecular formula is C14H19IN2O2. The van der Waals surface area contributed by atoms with Gasteiger partial charge in [0.25, 0.3) is 5.91 Å². The molecule has 1 amide bonds. The summed E-state index contributed by atoms with van der Waals surface area (Å²) in [5, 5.41) is 13.0. The zero-order valence-corrected chi connectivity index (χ0v) is 13.2. The Morgan fingerprint density at radius 2 is 2.16 bits per heavy atom. The number of amides is 1. The van der Waals surface area contributed by atoms with Crippen molar-refractivity contribution in [3.05, 3.63) is 27.3 Å². The van der Waals surface area contributed by atoms with Gasteiger partial charge in [0.2, 0.25) is 0 Å². The normalized spacial score (nSPS) is 16.3. The molecule has 0 aromatic heterocycles. The average molecular weight is 374 g/mol. The van der Waals surface area contributed by atoms with Crippen LogP contribution in [0.2, 0.25) is 0 Å². The van der Waals surface area contributed by atoms with Gasteiger partial charge in [-0.05, 0) is 73.6 Å². The minimum absolute atomic E-state index is 0.0149. The Morgan fingerprint density at radius 1 is 1.47 bits per heavy atom. The second-order valence-corrected chi connectivity index (χ2v) is 5.90. The van der Waals surface area contributed by atoms with Gasteiger partial charge in [0.15, 0.2) is 0 Å². The van der Waals surface area contributed by atoms with Crippen molar-refractivity contribution in [2.24, 2.45) is 0 Å². The molecule has 1 fully saturated rings. The lowest BCUT2D eigenvalue weighted by atomic mass is 10.0. The van der Waals surface area contributed by atoms with Gasteiger partial charge in [-0.15, -0.1) is 0 Å². The molecule has 19 heavy (non-hydrogen) atoms. The first-order valence-electron chi connectivity index (χ1n) is 6.63. The van der Waals surface area contributed by atoms with E-state index in [1.807, 2.05) is 11.8 Å². The van der Waals surface area contributed by atoms with E-state index >= 15 is 0 Å². The van der Waals surface area contributed by atoms with Crippen molar-refractivity contribution >= 4 is 28.5 Å². The second-order valence-electron chi connectivity index (χ2n) is 4.74. The van der Waals surface area contributed by atoms with Crippen molar-refractivity contribution < 1.29 is 9.90 Å². The molecule has 2 N–H and O–H groups in total. The topological polar surface area (TPSA) is 52.6 Å². The number of carbonyl (C=O) groups excluding carboxylic acids is 1. The highest BCUT2D eigenvalue weighted by Crippen LogP contribution is 2.22. The molecule has 1 aliphatic heterocycles. The van der Waals surface area contributed by atoms with Crippen molar-refractivity contribution in [3.63, 3.8) is 0 Å². The maximum atomic E-state index is 12.5. The number of nitrogens with one attached hydrogen (secondary N) is 1. The number of hydrogen-bond acceptors (Lipinski definition) is 3. The number of piperidine rings is 1. The van der Waals surface area contributed by atoms with Gasteiger partial charge in [-0.3, -0.25) is 4.79 Å². The van der Waals surface area contributed by atoms with E-state index in [1.54, 1.807) is 18.2 Å². The summed E-state index contributed by atoms with van der Waals surface area (Å²) in [6, 6.07) is 5.43. The Morgan fingerprint density at radius 3 is 2.74 bits per heavy atom. The summed E-state index contributed by atoms with van der Waals surface area (Å²) in [6.45, 7) is 4.64. The summed E-state index contributed by atoms with van der Waals surface area (Å²) in [5.74, 6) is 0.189. The molecule has 2 rings (SSSR count). The fraction of sp³-hybridized carbons (Fsp3) is 0.500. The van der Waals surface area contributed by atoms with Crippen LogP contribution in [0.25, 0.3) is 0 Å². The molecule has 1 saturated heterocycles. The lowest BCUT2D eigenvalue weighted by Crippen LogP contribution is -2.46. The molecule has 104 valence electrons. The molecule has 4 nitrogen and oxygen atoms in total. The Balaban J connectivity index is 2.17. The van der Waals surface area contributed by atoms with Crippen molar-refractivity contribution in [2.45, 2.75) is 25.8 Å². The maximum absolute atomic E-state index is 12.5. The molecule has 1 aromatic carbocycles. The minimum atomic E-state index is 0.0149. The summed E-state index contributed by atoms with van der Waals surface area (Å²) in [6.07, 6.45) is 1.99. The van der Waals surface area contributed by atoms with E-state index < -0.39 is 0 Å². The number of benzene rings is 1. The highest BCUT2D eigenvalue weighted by molar-refractivity contribution is 14.1. The lowest BCUT2D eigenvalue weighted by Gasteiger charge is -2.34. The molecule has 0 spiro atoms. The van der Waals surface area contributed by atoms with Crippen LogP contribution >= 0.6 is 22.6 Å². The number of hydrogen-bond donors (Lipinski definition) is 2. The largest absolute Gasteiger partial charge is 0.507 e. The van der Waals surface area contributed by atoms with Crippen LogP contribution in [-0.4, -0.2) is 41.6 Å². The van der Waals surface area contributed by atoms with Gasteiger partial charge < -0.3 is 15.3 Å². The number of halogens is 1. The van der Waals surface area contributed by atoms with Crippen molar-refractivity contribution in [2.75, 3.05) is 19.6 Å². The number of rotatable bonds is 3. The van der Waals surface area contributed by atoms with E-state index in [0.29, 0.717) is 18.2 Å². The molecule has 1 aromatic rings. The second kappa shape index (κ2) is 6.56. The molecule has 0 unspecified atom stereocenters. The summed E-state index contributed by atoms with van der Waals surface area (Å²) in [7, 11) is 0. The molecule has 1 heterocycles. The van der Waals surface area contributed by atoms with Crippen LogP contribution in [0.15, 0.2) is 18.2 Å².